The molecule has 0 saturated heterocycles. The normalized spacial score (nSPS) is 11.0. The molecule has 80 valence electrons. The molecule has 0 fully saturated rings. The van der Waals surface area contributed by atoms with E-state index in [0.29, 0.717) is 6.54 Å². The summed E-state index contributed by atoms with van der Waals surface area (Å²) in [5, 5.41) is 2.57. The lowest BCUT2D eigenvalue weighted by Crippen LogP contribution is -2.22. The topological polar surface area (TPSA) is 38.3 Å². The number of methoxy groups -OCH3 is 1. The highest BCUT2D eigenvalue weighted by atomic mass is 16.5. The molecule has 0 aromatic heterocycles. The monoisotopic (exact) mass is 197 g/mol. The largest absolute Gasteiger partial charge is 0.453 e. The fraction of sp³-hybridized carbons (Fsp3) is 0.545. The Balaban J connectivity index is 3.27. The minimum absolute atomic E-state index is 0.388. The van der Waals surface area contributed by atoms with Gasteiger partial charge >= 0.3 is 6.09 Å². The molecule has 3 nitrogen and oxygen atoms in total. The van der Waals surface area contributed by atoms with E-state index < -0.39 is 0 Å². The second-order valence-electron chi connectivity index (χ2n) is 2.80. The molecule has 14 heavy (non-hydrogen) atoms. The van der Waals surface area contributed by atoms with Gasteiger partial charge in [0.05, 0.1) is 7.11 Å². The number of carbonyl (C=O) groups is 1. The van der Waals surface area contributed by atoms with Crippen molar-refractivity contribution in [3.63, 3.8) is 0 Å². The van der Waals surface area contributed by atoms with Crippen LogP contribution >= 0.6 is 0 Å². The van der Waals surface area contributed by atoms with Gasteiger partial charge in [-0.1, -0.05) is 31.2 Å². The van der Waals surface area contributed by atoms with Crippen LogP contribution in [0, 0.1) is 0 Å². The van der Waals surface area contributed by atoms with E-state index >= 15 is 0 Å². The Bertz CT molecular complexity index is 197. The minimum atomic E-state index is -0.388. The maximum atomic E-state index is 10.6. The number of hydrogen-bond acceptors (Lipinski definition) is 2. The van der Waals surface area contributed by atoms with Crippen LogP contribution in [0.2, 0.25) is 0 Å². The molecule has 0 saturated carbocycles. The highest BCUT2D eigenvalue weighted by Gasteiger charge is 1.91. The summed E-state index contributed by atoms with van der Waals surface area (Å²) in [5.41, 5.74) is 0. The molecule has 0 heterocycles. The predicted octanol–water partition coefficient (Wildman–Crippen LogP) is 2.65. The van der Waals surface area contributed by atoms with Gasteiger partial charge in [-0.05, 0) is 19.3 Å². The summed E-state index contributed by atoms with van der Waals surface area (Å²) in [4.78, 5) is 10.6. The molecule has 0 atom stereocenters. The van der Waals surface area contributed by atoms with Crippen molar-refractivity contribution in [3.05, 3.63) is 24.3 Å². The van der Waals surface area contributed by atoms with Gasteiger partial charge in [-0.2, -0.15) is 0 Å². The third-order valence-electron chi connectivity index (χ3n) is 1.62. The first-order valence-electron chi connectivity index (χ1n) is 4.93. The Morgan fingerprint density at radius 1 is 1.21 bits per heavy atom. The molecule has 0 spiro atoms. The number of hydrogen-bond donors (Lipinski definition) is 1. The molecule has 0 aromatic carbocycles. The van der Waals surface area contributed by atoms with Crippen LogP contribution in [-0.2, 0) is 4.74 Å². The number of carbonyl (C=O) groups excluding carboxylic acids is 1. The lowest BCUT2D eigenvalue weighted by Gasteiger charge is -1.97. The van der Waals surface area contributed by atoms with Crippen LogP contribution in [0.3, 0.4) is 0 Å². The summed E-state index contributed by atoms with van der Waals surface area (Å²) in [6.07, 6.45) is 11.1. The Labute approximate surface area is 85.8 Å². The Hall–Kier alpha value is -1.25. The maximum absolute atomic E-state index is 10.6. The number of allylic oxidation sites excluding steroid dienone is 3. The third kappa shape index (κ3) is 8.84. The predicted molar refractivity (Wildman–Crippen MR) is 58.2 cm³/mol. The SMILES string of the molecule is CCC=CCCC=CCNC(=O)OC. The molecule has 0 aliphatic heterocycles. The number of rotatable bonds is 6. The number of unbranched alkanes of at least 4 members (excludes halogenated alkanes) is 1. The second kappa shape index (κ2) is 9.84. The van der Waals surface area contributed by atoms with Crippen LogP contribution in [0.25, 0.3) is 0 Å². The summed E-state index contributed by atoms with van der Waals surface area (Å²) in [6.45, 7) is 2.65. The van der Waals surface area contributed by atoms with E-state index in [1.54, 1.807) is 0 Å². The van der Waals surface area contributed by atoms with Crippen molar-refractivity contribution in [2.24, 2.45) is 0 Å². The van der Waals surface area contributed by atoms with Crippen molar-refractivity contribution in [2.75, 3.05) is 13.7 Å². The van der Waals surface area contributed by atoms with E-state index in [1.807, 2.05) is 6.08 Å². The highest BCUT2D eigenvalue weighted by Crippen LogP contribution is 1.93. The van der Waals surface area contributed by atoms with Crippen molar-refractivity contribution in [1.29, 1.82) is 0 Å². The minimum Gasteiger partial charge on any atom is -0.453 e. The fourth-order valence-electron chi connectivity index (χ4n) is 0.893. The number of alkyl carbamates (subject to hydrolysis) is 1. The maximum Gasteiger partial charge on any atom is 0.407 e. The average Bonchev–Trinajstić information content (AvgIpc) is 2.21. The first-order chi connectivity index (χ1) is 6.81. The van der Waals surface area contributed by atoms with Crippen LogP contribution in [0.1, 0.15) is 26.2 Å². The van der Waals surface area contributed by atoms with Gasteiger partial charge in [0, 0.05) is 6.54 Å². The lowest BCUT2D eigenvalue weighted by atomic mass is 10.2. The van der Waals surface area contributed by atoms with Crippen molar-refractivity contribution in [1.82, 2.24) is 5.32 Å². The zero-order valence-corrected chi connectivity index (χ0v) is 8.95. The summed E-state index contributed by atoms with van der Waals surface area (Å²) in [5.74, 6) is 0. The van der Waals surface area contributed by atoms with E-state index in [-0.39, 0.29) is 6.09 Å². The highest BCUT2D eigenvalue weighted by molar-refractivity contribution is 5.66. The molecule has 0 aliphatic carbocycles. The fourth-order valence-corrected chi connectivity index (χ4v) is 0.893. The summed E-state index contributed by atoms with van der Waals surface area (Å²) < 4.78 is 4.41. The molecule has 1 amide bonds. The van der Waals surface area contributed by atoms with Gasteiger partial charge in [0.1, 0.15) is 0 Å². The molecule has 0 rings (SSSR count). The van der Waals surface area contributed by atoms with Gasteiger partial charge in [0.2, 0.25) is 0 Å². The van der Waals surface area contributed by atoms with Crippen molar-refractivity contribution in [2.45, 2.75) is 26.2 Å². The van der Waals surface area contributed by atoms with Crippen LogP contribution in [0.4, 0.5) is 4.79 Å². The van der Waals surface area contributed by atoms with E-state index in [2.05, 4.69) is 35.2 Å². The van der Waals surface area contributed by atoms with Crippen molar-refractivity contribution in [3.8, 4) is 0 Å². The molecular weight excluding hydrogens is 178 g/mol. The van der Waals surface area contributed by atoms with Gasteiger partial charge < -0.3 is 10.1 Å². The van der Waals surface area contributed by atoms with E-state index in [1.165, 1.54) is 7.11 Å². The molecular formula is C11H19NO2. The summed E-state index contributed by atoms with van der Waals surface area (Å²) in [7, 11) is 1.36. The molecule has 0 radical (unpaired) electrons. The van der Waals surface area contributed by atoms with Gasteiger partial charge in [-0.15, -0.1) is 0 Å². The zero-order chi connectivity index (χ0) is 10.6. The number of nitrogens with one attached hydrogen (secondary N) is 1. The first-order valence-corrected chi connectivity index (χ1v) is 4.93. The average molecular weight is 197 g/mol. The van der Waals surface area contributed by atoms with Gasteiger partial charge in [-0.3, -0.25) is 0 Å². The smallest absolute Gasteiger partial charge is 0.407 e. The van der Waals surface area contributed by atoms with Gasteiger partial charge in [-0.25, -0.2) is 4.79 Å². The summed E-state index contributed by atoms with van der Waals surface area (Å²) >= 11 is 0. The Morgan fingerprint density at radius 2 is 1.86 bits per heavy atom. The molecule has 0 bridgehead atoms. The molecule has 0 aromatic rings. The second-order valence-corrected chi connectivity index (χ2v) is 2.80. The van der Waals surface area contributed by atoms with E-state index in [4.69, 9.17) is 0 Å². The van der Waals surface area contributed by atoms with Crippen LogP contribution in [0.15, 0.2) is 24.3 Å². The van der Waals surface area contributed by atoms with Gasteiger partial charge in [0.15, 0.2) is 0 Å². The Kier molecular flexibility index (Phi) is 8.96. The van der Waals surface area contributed by atoms with Crippen LogP contribution in [-0.4, -0.2) is 19.7 Å². The zero-order valence-electron chi connectivity index (χ0n) is 8.95. The quantitative estimate of drug-likeness (QED) is 0.525. The van der Waals surface area contributed by atoms with Crippen LogP contribution in [0.5, 0.6) is 0 Å². The number of ether oxygens (including phenoxy) is 1. The van der Waals surface area contributed by atoms with Gasteiger partial charge in [0.25, 0.3) is 0 Å². The Morgan fingerprint density at radius 3 is 2.43 bits per heavy atom. The van der Waals surface area contributed by atoms with E-state index in [9.17, 15) is 4.79 Å². The lowest BCUT2D eigenvalue weighted by molar-refractivity contribution is 0.172. The molecule has 0 aliphatic rings. The molecule has 3 heteroatoms. The first kappa shape index (κ1) is 12.8. The standard InChI is InChI=1S/C11H19NO2/c1-3-4-5-6-7-8-9-10-12-11(13)14-2/h4-5,8-9H,3,6-7,10H2,1-2H3,(H,12,13). The van der Waals surface area contributed by atoms with Crippen LogP contribution < -0.4 is 5.32 Å². The third-order valence-corrected chi connectivity index (χ3v) is 1.62. The summed E-state index contributed by atoms with van der Waals surface area (Å²) in [6, 6.07) is 0. The van der Waals surface area contributed by atoms with Crippen molar-refractivity contribution < 1.29 is 9.53 Å². The number of amides is 1. The molecule has 1 N–H and O–H groups in total. The van der Waals surface area contributed by atoms with Crippen molar-refractivity contribution >= 4 is 6.09 Å². The molecule has 0 unspecified atom stereocenters. The van der Waals surface area contributed by atoms with E-state index in [0.717, 1.165) is 19.3 Å².